The van der Waals surface area contributed by atoms with Crippen molar-refractivity contribution in [2.75, 3.05) is 7.11 Å². The van der Waals surface area contributed by atoms with E-state index >= 15 is 0 Å². The Labute approximate surface area is 117 Å². The second-order valence-electron chi connectivity index (χ2n) is 4.45. The number of hydrogen-bond acceptors (Lipinski definition) is 5. The normalized spacial score (nSPS) is 12.4. The highest BCUT2D eigenvalue weighted by molar-refractivity contribution is 5.30. The van der Waals surface area contributed by atoms with Crippen molar-refractivity contribution in [1.29, 1.82) is 0 Å². The van der Waals surface area contributed by atoms with Crippen molar-refractivity contribution in [3.63, 3.8) is 0 Å². The number of benzene rings is 1. The van der Waals surface area contributed by atoms with E-state index in [4.69, 9.17) is 9.26 Å². The summed E-state index contributed by atoms with van der Waals surface area (Å²) in [5, 5.41) is 7.08. The van der Waals surface area contributed by atoms with Gasteiger partial charge in [0.2, 0.25) is 5.89 Å². The first-order valence-electron chi connectivity index (χ1n) is 6.52. The Morgan fingerprint density at radius 2 is 2.25 bits per heavy atom. The summed E-state index contributed by atoms with van der Waals surface area (Å²) in [6, 6.07) is 4.88. The Kier molecular flexibility index (Phi) is 4.68. The van der Waals surface area contributed by atoms with Crippen molar-refractivity contribution >= 4 is 0 Å². The van der Waals surface area contributed by atoms with Crippen LogP contribution in [0.5, 0.6) is 5.75 Å². The predicted molar refractivity (Wildman–Crippen MR) is 71.9 cm³/mol. The van der Waals surface area contributed by atoms with E-state index in [0.29, 0.717) is 24.7 Å². The van der Waals surface area contributed by atoms with Crippen LogP contribution >= 0.6 is 0 Å². The van der Waals surface area contributed by atoms with Crippen LogP contribution in [0.15, 0.2) is 22.7 Å². The van der Waals surface area contributed by atoms with Crippen molar-refractivity contribution in [3.8, 4) is 5.75 Å². The Hall–Kier alpha value is -1.95. The minimum Gasteiger partial charge on any atom is -0.494 e. The van der Waals surface area contributed by atoms with Gasteiger partial charge in [-0.3, -0.25) is 0 Å². The number of halogens is 1. The van der Waals surface area contributed by atoms with Gasteiger partial charge in [-0.25, -0.2) is 4.39 Å². The molecule has 0 radical (unpaired) electrons. The smallest absolute Gasteiger partial charge is 0.226 e. The second kappa shape index (κ2) is 6.47. The number of ether oxygens (including phenoxy) is 1. The molecule has 0 aliphatic carbocycles. The van der Waals surface area contributed by atoms with E-state index < -0.39 is 0 Å². The van der Waals surface area contributed by atoms with E-state index in [1.165, 1.54) is 13.2 Å². The van der Waals surface area contributed by atoms with Crippen LogP contribution in [0.2, 0.25) is 0 Å². The van der Waals surface area contributed by atoms with Gasteiger partial charge in [-0.2, -0.15) is 4.98 Å². The molecule has 1 N–H and O–H groups in total. The molecule has 0 spiro atoms. The van der Waals surface area contributed by atoms with Crippen LogP contribution in [-0.2, 0) is 13.0 Å². The largest absolute Gasteiger partial charge is 0.494 e. The molecular weight excluding hydrogens is 261 g/mol. The molecule has 108 valence electrons. The molecule has 0 aliphatic heterocycles. The summed E-state index contributed by atoms with van der Waals surface area (Å²) < 4.78 is 23.6. The fourth-order valence-corrected chi connectivity index (χ4v) is 1.82. The highest BCUT2D eigenvalue weighted by Crippen LogP contribution is 2.21. The van der Waals surface area contributed by atoms with Crippen LogP contribution < -0.4 is 10.1 Å². The van der Waals surface area contributed by atoms with Gasteiger partial charge in [0, 0.05) is 12.5 Å². The van der Waals surface area contributed by atoms with Crippen LogP contribution in [0.1, 0.15) is 37.2 Å². The van der Waals surface area contributed by atoms with Gasteiger partial charge in [0.1, 0.15) is 0 Å². The van der Waals surface area contributed by atoms with Gasteiger partial charge in [-0.1, -0.05) is 18.1 Å². The molecule has 1 aromatic carbocycles. The molecule has 0 bridgehead atoms. The van der Waals surface area contributed by atoms with E-state index in [2.05, 4.69) is 15.5 Å². The lowest BCUT2D eigenvalue weighted by Crippen LogP contribution is -2.19. The van der Waals surface area contributed by atoms with E-state index in [-0.39, 0.29) is 17.6 Å². The summed E-state index contributed by atoms with van der Waals surface area (Å²) in [5.74, 6) is 1.09. The molecule has 0 saturated heterocycles. The standard InChI is InChI=1S/C14H18FN3O2/c1-4-14-17-13(18-20-14)8-16-9(2)10-5-6-12(19-3)11(15)7-10/h5-7,9,16H,4,8H2,1-3H3. The first-order chi connectivity index (χ1) is 9.63. The number of nitrogens with one attached hydrogen (secondary N) is 1. The summed E-state index contributed by atoms with van der Waals surface area (Å²) >= 11 is 0. The second-order valence-corrected chi connectivity index (χ2v) is 4.45. The minimum absolute atomic E-state index is 0.0287. The predicted octanol–water partition coefficient (Wildman–Crippen LogP) is 2.63. The Balaban J connectivity index is 1.97. The van der Waals surface area contributed by atoms with Gasteiger partial charge in [-0.15, -0.1) is 0 Å². The molecule has 0 fully saturated rings. The van der Waals surface area contributed by atoms with E-state index in [1.54, 1.807) is 6.07 Å². The fraction of sp³-hybridized carbons (Fsp3) is 0.429. The fourth-order valence-electron chi connectivity index (χ4n) is 1.82. The summed E-state index contributed by atoms with van der Waals surface area (Å²) in [6.07, 6.45) is 0.715. The summed E-state index contributed by atoms with van der Waals surface area (Å²) in [6.45, 7) is 4.37. The van der Waals surface area contributed by atoms with Crippen molar-refractivity contribution in [2.24, 2.45) is 0 Å². The van der Waals surface area contributed by atoms with E-state index in [9.17, 15) is 4.39 Å². The lowest BCUT2D eigenvalue weighted by atomic mass is 10.1. The molecule has 2 rings (SSSR count). The number of aryl methyl sites for hydroxylation is 1. The van der Waals surface area contributed by atoms with Crippen molar-refractivity contribution in [3.05, 3.63) is 41.3 Å². The maximum Gasteiger partial charge on any atom is 0.226 e. The third-order valence-electron chi connectivity index (χ3n) is 3.05. The first-order valence-corrected chi connectivity index (χ1v) is 6.52. The van der Waals surface area contributed by atoms with E-state index in [0.717, 1.165) is 5.56 Å². The number of methoxy groups -OCH3 is 1. The summed E-state index contributed by atoms with van der Waals surface area (Å²) in [5.41, 5.74) is 0.836. The highest BCUT2D eigenvalue weighted by Gasteiger charge is 2.11. The van der Waals surface area contributed by atoms with Crippen LogP contribution in [0.3, 0.4) is 0 Å². The zero-order chi connectivity index (χ0) is 14.5. The molecule has 5 nitrogen and oxygen atoms in total. The van der Waals surface area contributed by atoms with Gasteiger partial charge < -0.3 is 14.6 Å². The van der Waals surface area contributed by atoms with Crippen LogP contribution in [0.25, 0.3) is 0 Å². The molecule has 0 saturated carbocycles. The van der Waals surface area contributed by atoms with Crippen LogP contribution in [0.4, 0.5) is 4.39 Å². The third kappa shape index (κ3) is 3.33. The van der Waals surface area contributed by atoms with Crippen molar-refractivity contribution in [2.45, 2.75) is 32.9 Å². The highest BCUT2D eigenvalue weighted by atomic mass is 19.1. The zero-order valence-electron chi connectivity index (χ0n) is 11.8. The van der Waals surface area contributed by atoms with Crippen LogP contribution in [0, 0.1) is 5.82 Å². The summed E-state index contributed by atoms with van der Waals surface area (Å²) in [7, 11) is 1.45. The average Bonchev–Trinajstić information content (AvgIpc) is 2.92. The topological polar surface area (TPSA) is 60.2 Å². The monoisotopic (exact) mass is 279 g/mol. The maximum atomic E-state index is 13.6. The van der Waals surface area contributed by atoms with Gasteiger partial charge in [-0.05, 0) is 24.6 Å². The number of aromatic nitrogens is 2. The Morgan fingerprint density at radius 3 is 2.85 bits per heavy atom. The number of nitrogens with zero attached hydrogens (tertiary/aromatic N) is 2. The van der Waals surface area contributed by atoms with Gasteiger partial charge in [0.25, 0.3) is 0 Å². The SMILES string of the molecule is CCc1nc(CNC(C)c2ccc(OC)c(F)c2)no1. The molecule has 1 unspecified atom stereocenters. The number of hydrogen-bond donors (Lipinski definition) is 1. The number of rotatable bonds is 6. The molecule has 1 aromatic heterocycles. The molecule has 0 aliphatic rings. The maximum absolute atomic E-state index is 13.6. The summed E-state index contributed by atoms with van der Waals surface area (Å²) in [4.78, 5) is 4.20. The first kappa shape index (κ1) is 14.5. The third-order valence-corrected chi connectivity index (χ3v) is 3.05. The lowest BCUT2D eigenvalue weighted by molar-refractivity contribution is 0.373. The van der Waals surface area contributed by atoms with E-state index in [1.807, 2.05) is 19.9 Å². The molecule has 2 aromatic rings. The van der Waals surface area contributed by atoms with Crippen molar-refractivity contribution in [1.82, 2.24) is 15.5 Å². The zero-order valence-corrected chi connectivity index (χ0v) is 11.8. The molecule has 0 amide bonds. The van der Waals surface area contributed by atoms with Gasteiger partial charge in [0.15, 0.2) is 17.4 Å². The quantitative estimate of drug-likeness (QED) is 0.880. The average molecular weight is 279 g/mol. The Morgan fingerprint density at radius 1 is 1.45 bits per heavy atom. The van der Waals surface area contributed by atoms with Crippen molar-refractivity contribution < 1.29 is 13.7 Å². The van der Waals surface area contributed by atoms with Gasteiger partial charge in [0.05, 0.1) is 13.7 Å². The molecule has 1 atom stereocenters. The molecule has 20 heavy (non-hydrogen) atoms. The molecular formula is C14H18FN3O2. The van der Waals surface area contributed by atoms with Gasteiger partial charge >= 0.3 is 0 Å². The lowest BCUT2D eigenvalue weighted by Gasteiger charge is -2.13. The molecule has 6 heteroatoms. The Bertz CT molecular complexity index is 571. The van der Waals surface area contributed by atoms with Crippen LogP contribution in [-0.4, -0.2) is 17.3 Å². The molecule has 1 heterocycles. The minimum atomic E-state index is -0.369.